The molecule has 2 aromatic carbocycles. The summed E-state index contributed by atoms with van der Waals surface area (Å²) in [7, 11) is 0. The van der Waals surface area contributed by atoms with Crippen LogP contribution in [0.15, 0.2) is 67.0 Å². The molecule has 120 valence electrons. The van der Waals surface area contributed by atoms with Crippen LogP contribution in [0.2, 0.25) is 0 Å². The first kappa shape index (κ1) is 14.5. The van der Waals surface area contributed by atoms with Gasteiger partial charge in [-0.25, -0.2) is 4.68 Å². The van der Waals surface area contributed by atoms with Crippen LogP contribution in [-0.4, -0.2) is 28.8 Å². The molecule has 1 atom stereocenters. The van der Waals surface area contributed by atoms with Crippen molar-refractivity contribution in [1.29, 1.82) is 0 Å². The third kappa shape index (κ3) is 2.76. The number of benzene rings is 2. The van der Waals surface area contributed by atoms with Crippen molar-refractivity contribution in [2.24, 2.45) is 0 Å². The normalized spacial score (nSPS) is 15.6. The summed E-state index contributed by atoms with van der Waals surface area (Å²) in [5.41, 5.74) is 2.64. The lowest BCUT2D eigenvalue weighted by Gasteiger charge is -2.11. The van der Waals surface area contributed by atoms with Crippen molar-refractivity contribution in [3.8, 4) is 11.4 Å². The molecule has 4 rings (SSSR count). The van der Waals surface area contributed by atoms with E-state index < -0.39 is 0 Å². The number of para-hydroxylation sites is 1. The van der Waals surface area contributed by atoms with Gasteiger partial charge in [0.1, 0.15) is 5.75 Å². The monoisotopic (exact) mass is 319 g/mol. The molecular weight excluding hydrogens is 302 g/mol. The number of aromatic nitrogens is 2. The van der Waals surface area contributed by atoms with Crippen molar-refractivity contribution >= 4 is 5.91 Å². The lowest BCUT2D eigenvalue weighted by Crippen LogP contribution is -2.29. The fourth-order valence-corrected chi connectivity index (χ4v) is 2.93. The molecule has 0 radical (unpaired) electrons. The number of carbonyl (C=O) groups is 1. The molecule has 0 fully saturated rings. The van der Waals surface area contributed by atoms with Crippen LogP contribution in [0.5, 0.6) is 5.75 Å². The molecule has 1 aliphatic rings. The lowest BCUT2D eigenvalue weighted by molar-refractivity contribution is 0.0950. The van der Waals surface area contributed by atoms with Crippen molar-refractivity contribution in [2.75, 3.05) is 13.2 Å². The maximum atomic E-state index is 12.5. The number of rotatable bonds is 4. The maximum absolute atomic E-state index is 12.5. The Morgan fingerprint density at radius 3 is 3.00 bits per heavy atom. The Morgan fingerprint density at radius 2 is 2.12 bits per heavy atom. The zero-order valence-electron chi connectivity index (χ0n) is 13.1. The molecular formula is C19H17N3O2. The molecule has 0 saturated heterocycles. The Balaban J connectivity index is 1.45. The first-order chi connectivity index (χ1) is 11.8. The van der Waals surface area contributed by atoms with Crippen LogP contribution in [-0.2, 0) is 0 Å². The van der Waals surface area contributed by atoms with Gasteiger partial charge in [0.15, 0.2) is 0 Å². The summed E-state index contributed by atoms with van der Waals surface area (Å²) < 4.78 is 7.39. The van der Waals surface area contributed by atoms with Crippen LogP contribution in [0.4, 0.5) is 0 Å². The van der Waals surface area contributed by atoms with E-state index in [2.05, 4.69) is 16.5 Å². The molecule has 24 heavy (non-hydrogen) atoms. The highest BCUT2D eigenvalue weighted by molar-refractivity contribution is 5.94. The summed E-state index contributed by atoms with van der Waals surface area (Å²) in [5, 5.41) is 7.20. The van der Waals surface area contributed by atoms with Crippen LogP contribution in [0.3, 0.4) is 0 Å². The molecule has 0 unspecified atom stereocenters. The zero-order valence-corrected chi connectivity index (χ0v) is 13.1. The summed E-state index contributed by atoms with van der Waals surface area (Å²) in [6.45, 7) is 1.16. The van der Waals surface area contributed by atoms with Crippen LogP contribution in [0.25, 0.3) is 5.69 Å². The van der Waals surface area contributed by atoms with Crippen LogP contribution >= 0.6 is 0 Å². The topological polar surface area (TPSA) is 56.1 Å². The number of nitrogens with one attached hydrogen (secondary N) is 1. The summed E-state index contributed by atoms with van der Waals surface area (Å²) in [4.78, 5) is 12.5. The Morgan fingerprint density at radius 1 is 1.21 bits per heavy atom. The maximum Gasteiger partial charge on any atom is 0.251 e. The summed E-state index contributed by atoms with van der Waals surface area (Å²) >= 11 is 0. The Kier molecular flexibility index (Phi) is 3.75. The van der Waals surface area contributed by atoms with Gasteiger partial charge in [-0.05, 0) is 30.3 Å². The van der Waals surface area contributed by atoms with E-state index in [4.69, 9.17) is 4.74 Å². The molecule has 0 aliphatic carbocycles. The average molecular weight is 319 g/mol. The molecule has 1 aliphatic heterocycles. The number of carbonyl (C=O) groups excluding carboxylic acids is 1. The van der Waals surface area contributed by atoms with Crippen molar-refractivity contribution in [2.45, 2.75) is 5.92 Å². The van der Waals surface area contributed by atoms with E-state index in [-0.39, 0.29) is 11.8 Å². The summed E-state index contributed by atoms with van der Waals surface area (Å²) in [6.07, 6.45) is 3.56. The number of amides is 1. The molecule has 2 heterocycles. The zero-order chi connectivity index (χ0) is 16.4. The molecule has 5 nitrogen and oxygen atoms in total. The summed E-state index contributed by atoms with van der Waals surface area (Å²) in [6, 6.07) is 17.2. The van der Waals surface area contributed by atoms with Gasteiger partial charge in [0.2, 0.25) is 0 Å². The number of hydrogen-bond donors (Lipinski definition) is 1. The van der Waals surface area contributed by atoms with Gasteiger partial charge in [-0.3, -0.25) is 4.79 Å². The standard InChI is InChI=1S/C19H17N3O2/c23-19(14-5-3-6-16(11-14)22-10-4-9-21-22)20-12-15-13-24-18-8-2-1-7-17(15)18/h1-11,15H,12-13H2,(H,20,23)/t15-/m1/s1. The van der Waals surface area contributed by atoms with Gasteiger partial charge >= 0.3 is 0 Å². The first-order valence-corrected chi connectivity index (χ1v) is 7.91. The van der Waals surface area contributed by atoms with Crippen molar-refractivity contribution < 1.29 is 9.53 Å². The fourth-order valence-electron chi connectivity index (χ4n) is 2.93. The number of ether oxygens (including phenoxy) is 1. The number of fused-ring (bicyclic) bond motifs is 1. The van der Waals surface area contributed by atoms with Crippen molar-refractivity contribution in [1.82, 2.24) is 15.1 Å². The van der Waals surface area contributed by atoms with Gasteiger partial charge in [-0.1, -0.05) is 24.3 Å². The third-order valence-electron chi connectivity index (χ3n) is 4.19. The Labute approximate surface area is 139 Å². The number of hydrogen-bond acceptors (Lipinski definition) is 3. The molecule has 5 heteroatoms. The second-order valence-corrected chi connectivity index (χ2v) is 5.76. The third-order valence-corrected chi connectivity index (χ3v) is 4.19. The highest BCUT2D eigenvalue weighted by Crippen LogP contribution is 2.32. The minimum Gasteiger partial charge on any atom is -0.493 e. The summed E-state index contributed by atoms with van der Waals surface area (Å²) in [5.74, 6) is 1.02. The van der Waals surface area contributed by atoms with E-state index in [1.54, 1.807) is 16.9 Å². The highest BCUT2D eigenvalue weighted by Gasteiger charge is 2.24. The predicted molar refractivity (Wildman–Crippen MR) is 90.6 cm³/mol. The first-order valence-electron chi connectivity index (χ1n) is 7.91. The van der Waals surface area contributed by atoms with Crippen molar-refractivity contribution in [3.05, 3.63) is 78.1 Å². The minimum absolute atomic E-state index is 0.0895. The average Bonchev–Trinajstić information content (AvgIpc) is 3.30. The smallest absolute Gasteiger partial charge is 0.251 e. The molecule has 1 N–H and O–H groups in total. The van der Waals surface area contributed by atoms with E-state index >= 15 is 0 Å². The molecule has 1 aromatic heterocycles. The van der Waals surface area contributed by atoms with Gasteiger partial charge in [-0.15, -0.1) is 0 Å². The predicted octanol–water partition coefficient (Wildman–Crippen LogP) is 2.78. The lowest BCUT2D eigenvalue weighted by atomic mass is 10.0. The molecule has 1 amide bonds. The minimum atomic E-state index is -0.0895. The van der Waals surface area contributed by atoms with E-state index in [9.17, 15) is 4.79 Å². The van der Waals surface area contributed by atoms with E-state index in [0.717, 1.165) is 17.0 Å². The van der Waals surface area contributed by atoms with Crippen LogP contribution in [0, 0.1) is 0 Å². The second-order valence-electron chi connectivity index (χ2n) is 5.76. The van der Waals surface area contributed by atoms with E-state index in [1.165, 1.54) is 0 Å². The Bertz CT molecular complexity index is 859. The van der Waals surface area contributed by atoms with Crippen molar-refractivity contribution in [3.63, 3.8) is 0 Å². The SMILES string of the molecule is O=C(NC[C@@H]1COc2ccccc21)c1cccc(-n2cccn2)c1. The van der Waals surface area contributed by atoms with Crippen LogP contribution < -0.4 is 10.1 Å². The van der Waals surface area contributed by atoms with E-state index in [0.29, 0.717) is 18.7 Å². The molecule has 3 aromatic rings. The van der Waals surface area contributed by atoms with Gasteiger partial charge in [0.25, 0.3) is 5.91 Å². The van der Waals surface area contributed by atoms with Gasteiger partial charge in [0, 0.05) is 36.0 Å². The van der Waals surface area contributed by atoms with Gasteiger partial charge < -0.3 is 10.1 Å². The molecule has 0 bridgehead atoms. The van der Waals surface area contributed by atoms with Gasteiger partial charge in [-0.2, -0.15) is 5.10 Å². The molecule has 0 saturated carbocycles. The van der Waals surface area contributed by atoms with Crippen LogP contribution in [0.1, 0.15) is 21.8 Å². The second kappa shape index (κ2) is 6.20. The fraction of sp³-hybridized carbons (Fsp3) is 0.158. The highest BCUT2D eigenvalue weighted by atomic mass is 16.5. The van der Waals surface area contributed by atoms with Gasteiger partial charge in [0.05, 0.1) is 12.3 Å². The molecule has 0 spiro atoms. The van der Waals surface area contributed by atoms with E-state index in [1.807, 2.05) is 48.7 Å². The Hall–Kier alpha value is -3.08. The quantitative estimate of drug-likeness (QED) is 0.804. The number of nitrogens with zero attached hydrogens (tertiary/aromatic N) is 2. The largest absolute Gasteiger partial charge is 0.493 e.